The number of piperidine rings is 1. The second-order valence-electron chi connectivity index (χ2n) is 5.64. The van der Waals surface area contributed by atoms with Crippen molar-refractivity contribution in [2.24, 2.45) is 0 Å². The van der Waals surface area contributed by atoms with Crippen molar-refractivity contribution >= 4 is 0 Å². The first kappa shape index (κ1) is 15.3. The molecule has 1 heterocycles. The van der Waals surface area contributed by atoms with Crippen LogP contribution in [0.1, 0.15) is 44.2 Å². The van der Waals surface area contributed by atoms with Crippen LogP contribution in [-0.4, -0.2) is 38.2 Å². The number of nitrogens with one attached hydrogen (secondary N) is 1. The third kappa shape index (κ3) is 3.53. The van der Waals surface area contributed by atoms with Crippen LogP contribution in [0.5, 0.6) is 5.75 Å². The van der Waals surface area contributed by atoms with Crippen LogP contribution in [0, 0.1) is 0 Å². The SMILES string of the molecule is CCC(c1ccc(OC)cc1)N1CCCCC1CNC. The van der Waals surface area contributed by atoms with Crippen molar-refractivity contribution < 1.29 is 4.74 Å². The third-order valence-corrected chi connectivity index (χ3v) is 4.40. The van der Waals surface area contributed by atoms with Gasteiger partial charge in [0.15, 0.2) is 0 Å². The topological polar surface area (TPSA) is 24.5 Å². The van der Waals surface area contributed by atoms with E-state index in [4.69, 9.17) is 4.74 Å². The minimum Gasteiger partial charge on any atom is -0.497 e. The first-order valence-electron chi connectivity index (χ1n) is 7.84. The lowest BCUT2D eigenvalue weighted by atomic mass is 9.94. The summed E-state index contributed by atoms with van der Waals surface area (Å²) in [6.45, 7) is 4.60. The van der Waals surface area contributed by atoms with Gasteiger partial charge in [0, 0.05) is 18.6 Å². The van der Waals surface area contributed by atoms with E-state index in [0.717, 1.165) is 18.7 Å². The molecule has 1 aromatic carbocycles. The van der Waals surface area contributed by atoms with E-state index in [-0.39, 0.29) is 0 Å². The molecule has 1 aliphatic rings. The van der Waals surface area contributed by atoms with Gasteiger partial charge in [-0.2, -0.15) is 0 Å². The first-order chi connectivity index (χ1) is 9.80. The van der Waals surface area contributed by atoms with Crippen molar-refractivity contribution in [3.05, 3.63) is 29.8 Å². The lowest BCUT2D eigenvalue weighted by Crippen LogP contribution is -2.46. The Morgan fingerprint density at radius 3 is 2.65 bits per heavy atom. The van der Waals surface area contributed by atoms with E-state index in [1.807, 2.05) is 0 Å². The number of methoxy groups -OCH3 is 1. The molecule has 2 unspecified atom stereocenters. The number of benzene rings is 1. The molecule has 0 radical (unpaired) electrons. The standard InChI is InChI=1S/C17H28N2O/c1-4-17(14-8-10-16(20-3)11-9-14)19-12-6-5-7-15(19)13-18-2/h8-11,15,17-18H,4-7,12-13H2,1-3H3. The Morgan fingerprint density at radius 1 is 1.30 bits per heavy atom. The van der Waals surface area contributed by atoms with Gasteiger partial charge in [0.1, 0.15) is 5.75 Å². The van der Waals surface area contributed by atoms with Gasteiger partial charge in [-0.25, -0.2) is 0 Å². The largest absolute Gasteiger partial charge is 0.497 e. The van der Waals surface area contributed by atoms with Crippen LogP contribution in [0.25, 0.3) is 0 Å². The fourth-order valence-corrected chi connectivity index (χ4v) is 3.38. The van der Waals surface area contributed by atoms with Crippen molar-refractivity contribution in [2.45, 2.75) is 44.7 Å². The van der Waals surface area contributed by atoms with Crippen LogP contribution in [0.3, 0.4) is 0 Å². The maximum atomic E-state index is 5.26. The highest BCUT2D eigenvalue weighted by atomic mass is 16.5. The average molecular weight is 276 g/mol. The summed E-state index contributed by atoms with van der Waals surface area (Å²) in [5, 5.41) is 3.35. The van der Waals surface area contributed by atoms with Gasteiger partial charge in [0.25, 0.3) is 0 Å². The van der Waals surface area contributed by atoms with E-state index in [9.17, 15) is 0 Å². The van der Waals surface area contributed by atoms with Crippen LogP contribution in [0.4, 0.5) is 0 Å². The van der Waals surface area contributed by atoms with E-state index >= 15 is 0 Å². The van der Waals surface area contributed by atoms with Gasteiger partial charge in [-0.3, -0.25) is 4.90 Å². The number of likely N-dealkylation sites (N-methyl/N-ethyl adjacent to an activating group) is 1. The summed E-state index contributed by atoms with van der Waals surface area (Å²) in [4.78, 5) is 2.70. The Kier molecular flexibility index (Phi) is 5.86. The molecular weight excluding hydrogens is 248 g/mol. The lowest BCUT2D eigenvalue weighted by molar-refractivity contribution is 0.0917. The number of ether oxygens (including phenoxy) is 1. The summed E-state index contributed by atoms with van der Waals surface area (Å²) in [6.07, 6.45) is 5.16. The predicted octanol–water partition coefficient (Wildman–Crippen LogP) is 3.22. The Balaban J connectivity index is 2.15. The Bertz CT molecular complexity index is 388. The summed E-state index contributed by atoms with van der Waals surface area (Å²) in [5.74, 6) is 0.939. The van der Waals surface area contributed by atoms with Crippen LogP contribution in [0.15, 0.2) is 24.3 Å². The molecule has 0 spiro atoms. The smallest absolute Gasteiger partial charge is 0.118 e. The van der Waals surface area contributed by atoms with Gasteiger partial charge >= 0.3 is 0 Å². The molecule has 3 nitrogen and oxygen atoms in total. The maximum Gasteiger partial charge on any atom is 0.118 e. The molecule has 20 heavy (non-hydrogen) atoms. The van der Waals surface area contributed by atoms with E-state index < -0.39 is 0 Å². The molecule has 1 aromatic rings. The zero-order valence-corrected chi connectivity index (χ0v) is 13.1. The summed E-state index contributed by atoms with van der Waals surface area (Å²) in [5.41, 5.74) is 1.41. The summed E-state index contributed by atoms with van der Waals surface area (Å²) < 4.78 is 5.26. The van der Waals surface area contributed by atoms with E-state index in [0.29, 0.717) is 12.1 Å². The van der Waals surface area contributed by atoms with Gasteiger partial charge in [-0.05, 0) is 50.6 Å². The van der Waals surface area contributed by atoms with E-state index in [1.165, 1.54) is 31.4 Å². The van der Waals surface area contributed by atoms with Crippen molar-refractivity contribution in [1.29, 1.82) is 0 Å². The fourth-order valence-electron chi connectivity index (χ4n) is 3.38. The number of likely N-dealkylation sites (tertiary alicyclic amines) is 1. The second-order valence-corrected chi connectivity index (χ2v) is 5.64. The Morgan fingerprint density at radius 2 is 2.05 bits per heavy atom. The number of hydrogen-bond acceptors (Lipinski definition) is 3. The van der Waals surface area contributed by atoms with Gasteiger partial charge in [0.05, 0.1) is 7.11 Å². The molecule has 3 heteroatoms. The van der Waals surface area contributed by atoms with Crippen molar-refractivity contribution in [2.75, 3.05) is 27.2 Å². The summed E-state index contributed by atoms with van der Waals surface area (Å²) in [7, 11) is 3.78. The average Bonchev–Trinajstić information content (AvgIpc) is 2.51. The van der Waals surface area contributed by atoms with E-state index in [2.05, 4.69) is 48.5 Å². The minimum absolute atomic E-state index is 0.527. The molecule has 112 valence electrons. The fraction of sp³-hybridized carbons (Fsp3) is 0.647. The molecule has 2 rings (SSSR count). The molecule has 1 fully saturated rings. The summed E-state index contributed by atoms with van der Waals surface area (Å²) >= 11 is 0. The highest BCUT2D eigenvalue weighted by molar-refractivity contribution is 5.29. The van der Waals surface area contributed by atoms with Crippen LogP contribution in [-0.2, 0) is 0 Å². The van der Waals surface area contributed by atoms with Crippen LogP contribution < -0.4 is 10.1 Å². The van der Waals surface area contributed by atoms with Crippen molar-refractivity contribution in [3.8, 4) is 5.75 Å². The van der Waals surface area contributed by atoms with Crippen LogP contribution in [0.2, 0.25) is 0 Å². The molecular formula is C17H28N2O. The monoisotopic (exact) mass is 276 g/mol. The highest BCUT2D eigenvalue weighted by Crippen LogP contribution is 2.31. The highest BCUT2D eigenvalue weighted by Gasteiger charge is 2.28. The van der Waals surface area contributed by atoms with Crippen molar-refractivity contribution in [1.82, 2.24) is 10.2 Å². The van der Waals surface area contributed by atoms with Gasteiger partial charge < -0.3 is 10.1 Å². The quantitative estimate of drug-likeness (QED) is 0.863. The second kappa shape index (κ2) is 7.65. The molecule has 0 aliphatic carbocycles. The normalized spacial score (nSPS) is 21.6. The van der Waals surface area contributed by atoms with Gasteiger partial charge in [-0.15, -0.1) is 0 Å². The molecule has 0 saturated carbocycles. The number of rotatable bonds is 6. The molecule has 2 atom stereocenters. The Labute approximate surface area is 123 Å². The molecule has 1 saturated heterocycles. The molecule has 0 aromatic heterocycles. The predicted molar refractivity (Wildman–Crippen MR) is 84.3 cm³/mol. The number of hydrogen-bond donors (Lipinski definition) is 1. The van der Waals surface area contributed by atoms with E-state index in [1.54, 1.807) is 7.11 Å². The Hall–Kier alpha value is -1.06. The van der Waals surface area contributed by atoms with Crippen molar-refractivity contribution in [3.63, 3.8) is 0 Å². The molecule has 0 amide bonds. The zero-order valence-electron chi connectivity index (χ0n) is 13.1. The maximum absolute atomic E-state index is 5.26. The van der Waals surface area contributed by atoms with Crippen LogP contribution >= 0.6 is 0 Å². The molecule has 0 bridgehead atoms. The summed E-state index contributed by atoms with van der Waals surface area (Å²) in [6, 6.07) is 9.79. The zero-order chi connectivity index (χ0) is 14.4. The number of nitrogens with zero attached hydrogens (tertiary/aromatic N) is 1. The van der Waals surface area contributed by atoms with Gasteiger partial charge in [0.2, 0.25) is 0 Å². The molecule has 1 aliphatic heterocycles. The van der Waals surface area contributed by atoms with Gasteiger partial charge in [-0.1, -0.05) is 25.5 Å². The third-order valence-electron chi connectivity index (χ3n) is 4.40. The molecule has 1 N–H and O–H groups in total. The minimum atomic E-state index is 0.527. The first-order valence-corrected chi connectivity index (χ1v) is 7.84. The lowest BCUT2D eigenvalue weighted by Gasteiger charge is -2.41.